The Morgan fingerprint density at radius 2 is 1.83 bits per heavy atom. The highest BCUT2D eigenvalue weighted by Gasteiger charge is 2.37. The van der Waals surface area contributed by atoms with Crippen molar-refractivity contribution < 1.29 is 26.7 Å². The number of nitrogens with zero attached hydrogens (tertiary/aromatic N) is 7. The summed E-state index contributed by atoms with van der Waals surface area (Å²) >= 11 is 12.1. The average molecular weight is 707 g/mol. The molecule has 2 atom stereocenters. The summed E-state index contributed by atoms with van der Waals surface area (Å²) in [5, 5.41) is 14.5. The van der Waals surface area contributed by atoms with Crippen LogP contribution in [-0.2, 0) is 17.5 Å². The second-order valence-corrected chi connectivity index (χ2v) is 12.1. The standard InChI is InChI=1S/C31H25Cl2F5N8O2/c1-16-3-2-4-25(22-9-17(7-8-39-22)29-23(41-30(16)48)12-40-46(29)15-27(34)35)44-13-21(31(36,37)38)19(11-28(44)47)20-10-18(32)5-6-24(20)45-14-26(33)42-43-45/h5-14,16,25,27H,2-4,15H2,1H3,(H,41,48)/t16-,25+/m1/s1. The molecule has 0 unspecified atom stereocenters. The minimum absolute atomic E-state index is 0.00391. The first-order valence-corrected chi connectivity index (χ1v) is 15.4. The summed E-state index contributed by atoms with van der Waals surface area (Å²) < 4.78 is 74.7. The Bertz CT molecular complexity index is 2060. The van der Waals surface area contributed by atoms with Gasteiger partial charge < -0.3 is 9.88 Å². The Labute approximate surface area is 279 Å². The van der Waals surface area contributed by atoms with Crippen LogP contribution in [0.4, 0.5) is 27.6 Å². The highest BCUT2D eigenvalue weighted by molar-refractivity contribution is 6.31. The van der Waals surface area contributed by atoms with E-state index in [1.807, 2.05) is 0 Å². The first-order valence-electron chi connectivity index (χ1n) is 14.6. The third-order valence-corrected chi connectivity index (χ3v) is 8.46. The first kappa shape index (κ1) is 33.3. The summed E-state index contributed by atoms with van der Waals surface area (Å²) in [5.74, 6) is -0.940. The Morgan fingerprint density at radius 3 is 2.54 bits per heavy atom. The van der Waals surface area contributed by atoms with Gasteiger partial charge in [0.15, 0.2) is 5.15 Å². The lowest BCUT2D eigenvalue weighted by atomic mass is 9.95. The monoisotopic (exact) mass is 706 g/mol. The largest absolute Gasteiger partial charge is 0.418 e. The van der Waals surface area contributed by atoms with Crippen LogP contribution in [0.5, 0.6) is 0 Å². The number of aromatic nitrogens is 7. The van der Waals surface area contributed by atoms with Gasteiger partial charge in [0.05, 0.1) is 46.8 Å². The lowest BCUT2D eigenvalue weighted by molar-refractivity contribution is -0.137. The van der Waals surface area contributed by atoms with Crippen LogP contribution in [0.25, 0.3) is 28.1 Å². The molecular weight excluding hydrogens is 682 g/mol. The molecule has 4 aromatic heterocycles. The summed E-state index contributed by atoms with van der Waals surface area (Å²) in [6, 6.07) is 7.03. The quantitative estimate of drug-likeness (QED) is 0.192. The van der Waals surface area contributed by atoms with Crippen molar-refractivity contribution in [2.45, 2.75) is 51.4 Å². The van der Waals surface area contributed by atoms with Crippen molar-refractivity contribution in [2.75, 3.05) is 5.32 Å². The number of anilines is 1. The van der Waals surface area contributed by atoms with E-state index in [0.29, 0.717) is 18.4 Å². The molecule has 2 bridgehead atoms. The fourth-order valence-electron chi connectivity index (χ4n) is 5.79. The lowest BCUT2D eigenvalue weighted by Gasteiger charge is -2.24. The number of pyridine rings is 2. The predicted molar refractivity (Wildman–Crippen MR) is 167 cm³/mol. The van der Waals surface area contributed by atoms with Crippen LogP contribution in [0.2, 0.25) is 10.2 Å². The molecule has 1 aromatic carbocycles. The number of halogens is 7. The van der Waals surface area contributed by atoms with Crippen molar-refractivity contribution in [1.29, 1.82) is 0 Å². The van der Waals surface area contributed by atoms with Crippen LogP contribution < -0.4 is 10.9 Å². The number of nitrogens with one attached hydrogen (secondary N) is 1. The molecule has 250 valence electrons. The van der Waals surface area contributed by atoms with E-state index in [9.17, 15) is 31.5 Å². The SMILES string of the molecule is C[C@@H]1CCC[C@H](n2cc(C(F)(F)F)c(-c3cc(Cl)ccc3-n3cc(Cl)nn3)cc2=O)c2cc(ccn2)-c2c(cnn2CC(F)F)NC1=O. The molecule has 17 heteroatoms. The van der Waals surface area contributed by atoms with Crippen LogP contribution in [-0.4, -0.2) is 46.7 Å². The second kappa shape index (κ2) is 13.1. The number of carbonyl (C=O) groups is 1. The number of carbonyl (C=O) groups excluding carboxylic acids is 1. The molecule has 0 spiro atoms. The van der Waals surface area contributed by atoms with E-state index in [4.69, 9.17) is 23.2 Å². The molecule has 1 N–H and O–H groups in total. The summed E-state index contributed by atoms with van der Waals surface area (Å²) in [7, 11) is 0. The molecule has 0 saturated carbocycles. The maximum atomic E-state index is 14.9. The van der Waals surface area contributed by atoms with E-state index in [2.05, 4.69) is 25.7 Å². The number of alkyl halides is 5. The van der Waals surface area contributed by atoms with E-state index >= 15 is 0 Å². The normalized spacial score (nSPS) is 17.1. The van der Waals surface area contributed by atoms with Gasteiger partial charge in [0.2, 0.25) is 5.91 Å². The van der Waals surface area contributed by atoms with E-state index in [1.165, 1.54) is 53.6 Å². The number of amides is 1. The van der Waals surface area contributed by atoms with E-state index in [-0.39, 0.29) is 50.8 Å². The summed E-state index contributed by atoms with van der Waals surface area (Å²) in [5.41, 5.74) is -1.37. The molecule has 5 heterocycles. The Kier molecular flexibility index (Phi) is 9.09. The van der Waals surface area contributed by atoms with Gasteiger partial charge in [-0.1, -0.05) is 41.8 Å². The number of hydrogen-bond donors (Lipinski definition) is 1. The van der Waals surface area contributed by atoms with Gasteiger partial charge >= 0.3 is 6.18 Å². The van der Waals surface area contributed by atoms with Gasteiger partial charge in [0.1, 0.15) is 6.54 Å². The molecule has 1 amide bonds. The third kappa shape index (κ3) is 6.69. The maximum Gasteiger partial charge on any atom is 0.418 e. The van der Waals surface area contributed by atoms with Gasteiger partial charge in [-0.25, -0.2) is 13.5 Å². The van der Waals surface area contributed by atoms with E-state index in [1.54, 1.807) is 6.92 Å². The molecule has 48 heavy (non-hydrogen) atoms. The van der Waals surface area contributed by atoms with Crippen molar-refractivity contribution in [3.8, 4) is 28.1 Å². The lowest BCUT2D eigenvalue weighted by Crippen LogP contribution is -2.28. The minimum Gasteiger partial charge on any atom is -0.323 e. The zero-order valence-corrected chi connectivity index (χ0v) is 26.4. The second-order valence-electron chi connectivity index (χ2n) is 11.3. The first-order chi connectivity index (χ1) is 22.8. The number of fused-ring (bicyclic) bond motifs is 4. The van der Waals surface area contributed by atoms with Gasteiger partial charge in [-0.15, -0.1) is 5.10 Å². The molecule has 1 aliphatic heterocycles. The van der Waals surface area contributed by atoms with Gasteiger partial charge in [0, 0.05) is 46.1 Å². The van der Waals surface area contributed by atoms with Crippen LogP contribution in [0, 0.1) is 5.92 Å². The minimum atomic E-state index is -4.94. The molecular formula is C31H25Cl2F5N8O2. The average Bonchev–Trinajstić information content (AvgIpc) is 3.63. The van der Waals surface area contributed by atoms with Gasteiger partial charge in [-0.3, -0.25) is 19.3 Å². The zero-order chi connectivity index (χ0) is 34.3. The molecule has 5 aromatic rings. The molecule has 10 nitrogen and oxygen atoms in total. The summed E-state index contributed by atoms with van der Waals surface area (Å²) in [6.07, 6.45) is -2.25. The number of hydrogen-bond acceptors (Lipinski definition) is 6. The van der Waals surface area contributed by atoms with Gasteiger partial charge in [-0.05, 0) is 43.2 Å². The number of rotatable bonds is 5. The number of benzene rings is 1. The highest BCUT2D eigenvalue weighted by Crippen LogP contribution is 2.41. The summed E-state index contributed by atoms with van der Waals surface area (Å²) in [6.45, 7) is 0.897. The van der Waals surface area contributed by atoms with Crippen molar-refractivity contribution >= 4 is 34.8 Å². The third-order valence-electron chi connectivity index (χ3n) is 8.05. The Morgan fingerprint density at radius 1 is 1.04 bits per heavy atom. The fraction of sp³-hybridized carbons (Fsp3) is 0.290. The summed E-state index contributed by atoms with van der Waals surface area (Å²) in [4.78, 5) is 31.3. The van der Waals surface area contributed by atoms with Crippen LogP contribution in [0.3, 0.4) is 0 Å². The van der Waals surface area contributed by atoms with Crippen LogP contribution in [0.1, 0.15) is 43.5 Å². The molecule has 6 rings (SSSR count). The van der Waals surface area contributed by atoms with Crippen molar-refractivity contribution in [1.82, 2.24) is 34.3 Å². The molecule has 1 aliphatic rings. The van der Waals surface area contributed by atoms with E-state index < -0.39 is 47.8 Å². The molecule has 0 fully saturated rings. The highest BCUT2D eigenvalue weighted by atomic mass is 35.5. The molecule has 0 radical (unpaired) electrons. The van der Waals surface area contributed by atoms with Crippen LogP contribution >= 0.6 is 23.2 Å². The molecule has 0 saturated heterocycles. The van der Waals surface area contributed by atoms with Crippen molar-refractivity contribution in [3.05, 3.63) is 93.0 Å². The van der Waals surface area contributed by atoms with Crippen molar-refractivity contribution in [2.24, 2.45) is 5.92 Å². The Balaban J connectivity index is 1.54. The van der Waals surface area contributed by atoms with Gasteiger partial charge in [0.25, 0.3) is 12.0 Å². The van der Waals surface area contributed by atoms with Gasteiger partial charge in [-0.2, -0.15) is 18.3 Å². The smallest absolute Gasteiger partial charge is 0.323 e. The fourth-order valence-corrected chi connectivity index (χ4v) is 6.09. The zero-order valence-electron chi connectivity index (χ0n) is 24.9. The topological polar surface area (TPSA) is 113 Å². The Hall–Kier alpha value is -4.63. The van der Waals surface area contributed by atoms with E-state index in [0.717, 1.165) is 21.5 Å². The molecule has 0 aliphatic carbocycles. The van der Waals surface area contributed by atoms with Crippen molar-refractivity contribution in [3.63, 3.8) is 0 Å². The van der Waals surface area contributed by atoms with Crippen LogP contribution in [0.15, 0.2) is 66.0 Å². The predicted octanol–water partition coefficient (Wildman–Crippen LogP) is 7.29. The maximum absolute atomic E-state index is 14.9.